The van der Waals surface area contributed by atoms with E-state index < -0.39 is 0 Å². The molecule has 0 bridgehead atoms. The number of para-hydroxylation sites is 1. The lowest BCUT2D eigenvalue weighted by Gasteiger charge is -2.31. The second-order valence-corrected chi connectivity index (χ2v) is 8.79. The third-order valence-corrected chi connectivity index (χ3v) is 6.76. The highest BCUT2D eigenvalue weighted by Gasteiger charge is 2.29. The van der Waals surface area contributed by atoms with Gasteiger partial charge in [-0.25, -0.2) is 9.67 Å². The molecule has 2 aromatic heterocycles. The molecule has 1 unspecified atom stereocenters. The van der Waals surface area contributed by atoms with Gasteiger partial charge in [-0.05, 0) is 37.1 Å². The van der Waals surface area contributed by atoms with E-state index in [0.717, 1.165) is 41.4 Å². The minimum atomic E-state index is 0.00579. The van der Waals surface area contributed by atoms with E-state index in [4.69, 9.17) is 9.84 Å². The molecule has 32 heavy (non-hydrogen) atoms. The van der Waals surface area contributed by atoms with Crippen LogP contribution in [0.2, 0.25) is 0 Å². The molecule has 0 spiro atoms. The van der Waals surface area contributed by atoms with Crippen molar-refractivity contribution in [3.8, 4) is 22.7 Å². The summed E-state index contributed by atoms with van der Waals surface area (Å²) < 4.78 is 7.19. The number of amides is 1. The molecule has 6 nitrogen and oxygen atoms in total. The fourth-order valence-corrected chi connectivity index (χ4v) is 4.96. The molecule has 3 heterocycles. The van der Waals surface area contributed by atoms with Gasteiger partial charge in [0.1, 0.15) is 11.4 Å². The van der Waals surface area contributed by atoms with E-state index >= 15 is 0 Å². The number of methoxy groups -OCH3 is 1. The summed E-state index contributed by atoms with van der Waals surface area (Å²) >= 11 is 1.67. The zero-order valence-corrected chi connectivity index (χ0v) is 18.7. The summed E-state index contributed by atoms with van der Waals surface area (Å²) in [5.41, 5.74) is 3.03. The number of piperidine rings is 1. The highest BCUT2D eigenvalue weighted by atomic mass is 32.1. The molecule has 0 saturated carbocycles. The number of ether oxygens (including phenoxy) is 1. The van der Waals surface area contributed by atoms with Gasteiger partial charge in [-0.15, -0.1) is 11.3 Å². The van der Waals surface area contributed by atoms with E-state index in [2.05, 4.69) is 4.98 Å². The maximum absolute atomic E-state index is 13.7. The zero-order valence-electron chi connectivity index (χ0n) is 17.8. The number of nitrogens with zero attached hydrogens (tertiary/aromatic N) is 4. The smallest absolute Gasteiger partial charge is 0.257 e. The molecule has 1 saturated heterocycles. The Morgan fingerprint density at radius 1 is 1.16 bits per heavy atom. The molecule has 0 N–H and O–H groups in total. The molecule has 0 radical (unpaired) electrons. The molecule has 2 aromatic carbocycles. The molecule has 0 aliphatic carbocycles. The van der Waals surface area contributed by atoms with Crippen LogP contribution in [-0.4, -0.2) is 45.8 Å². The SMILES string of the molecule is COc1cccc(-c2nn(-c3ccccc3)cc2C(=O)N2CCCC(c3nccs3)C2)c1. The molecule has 7 heteroatoms. The summed E-state index contributed by atoms with van der Waals surface area (Å²) in [6.07, 6.45) is 5.71. The standard InChI is InChI=1S/C25H24N4O2S/c1-31-21-11-5-7-18(15-21)23-22(17-29(27-23)20-9-3-2-4-10-20)25(30)28-13-6-8-19(16-28)24-26-12-14-32-24/h2-5,7,9-12,14-15,17,19H,6,8,13,16H2,1H3. The molecule has 1 aliphatic heterocycles. The van der Waals surface area contributed by atoms with Gasteiger partial charge in [-0.2, -0.15) is 5.10 Å². The lowest BCUT2D eigenvalue weighted by molar-refractivity contribution is 0.0708. The van der Waals surface area contributed by atoms with Gasteiger partial charge in [0.2, 0.25) is 0 Å². The van der Waals surface area contributed by atoms with Crippen LogP contribution >= 0.6 is 11.3 Å². The molecular formula is C25H24N4O2S. The number of aromatic nitrogens is 3. The number of benzene rings is 2. The highest BCUT2D eigenvalue weighted by molar-refractivity contribution is 7.09. The minimum Gasteiger partial charge on any atom is -0.497 e. The first-order valence-corrected chi connectivity index (χ1v) is 11.6. The van der Waals surface area contributed by atoms with Crippen molar-refractivity contribution < 1.29 is 9.53 Å². The average molecular weight is 445 g/mol. The summed E-state index contributed by atoms with van der Waals surface area (Å²) in [5, 5.41) is 7.92. The van der Waals surface area contributed by atoms with E-state index in [-0.39, 0.29) is 11.8 Å². The number of thiazole rings is 1. The second-order valence-electron chi connectivity index (χ2n) is 7.86. The Labute approximate surface area is 191 Å². The van der Waals surface area contributed by atoms with E-state index in [1.807, 2.05) is 77.3 Å². The lowest BCUT2D eigenvalue weighted by atomic mass is 9.97. The van der Waals surface area contributed by atoms with Crippen LogP contribution in [0.4, 0.5) is 0 Å². The molecular weight excluding hydrogens is 420 g/mol. The molecule has 1 fully saturated rings. The number of hydrogen-bond donors (Lipinski definition) is 0. The van der Waals surface area contributed by atoms with Gasteiger partial charge in [0.05, 0.1) is 23.4 Å². The van der Waals surface area contributed by atoms with Crippen LogP contribution < -0.4 is 4.74 Å². The molecule has 5 rings (SSSR count). The third-order valence-electron chi connectivity index (χ3n) is 5.82. The summed E-state index contributed by atoms with van der Waals surface area (Å²) in [4.78, 5) is 20.2. The zero-order chi connectivity index (χ0) is 21.9. The number of hydrogen-bond acceptors (Lipinski definition) is 5. The van der Waals surface area contributed by atoms with Gasteiger partial charge in [-0.3, -0.25) is 4.79 Å². The Hall–Kier alpha value is -3.45. The predicted octanol–water partition coefficient (Wildman–Crippen LogP) is 5.02. The second kappa shape index (κ2) is 8.96. The van der Waals surface area contributed by atoms with Gasteiger partial charge < -0.3 is 9.64 Å². The van der Waals surface area contributed by atoms with Crippen LogP contribution in [0.5, 0.6) is 5.75 Å². The normalized spacial score (nSPS) is 16.2. The number of likely N-dealkylation sites (tertiary alicyclic amines) is 1. The minimum absolute atomic E-state index is 0.00579. The first-order valence-electron chi connectivity index (χ1n) is 10.7. The fourth-order valence-electron chi connectivity index (χ4n) is 4.20. The van der Waals surface area contributed by atoms with Crippen molar-refractivity contribution in [1.82, 2.24) is 19.7 Å². The largest absolute Gasteiger partial charge is 0.497 e. The molecule has 162 valence electrons. The summed E-state index contributed by atoms with van der Waals surface area (Å²) in [7, 11) is 1.64. The van der Waals surface area contributed by atoms with E-state index in [9.17, 15) is 4.79 Å². The summed E-state index contributed by atoms with van der Waals surface area (Å²) in [6.45, 7) is 1.43. The summed E-state index contributed by atoms with van der Waals surface area (Å²) in [5.74, 6) is 1.03. The van der Waals surface area contributed by atoms with Gasteiger partial charge >= 0.3 is 0 Å². The van der Waals surface area contributed by atoms with Crippen LogP contribution in [0.25, 0.3) is 16.9 Å². The third kappa shape index (κ3) is 4.03. The Morgan fingerprint density at radius 3 is 2.81 bits per heavy atom. The maximum Gasteiger partial charge on any atom is 0.257 e. The van der Waals surface area contributed by atoms with Gasteiger partial charge in [-0.1, -0.05) is 30.3 Å². The monoisotopic (exact) mass is 444 g/mol. The van der Waals surface area contributed by atoms with E-state index in [1.165, 1.54) is 0 Å². The Morgan fingerprint density at radius 2 is 2.03 bits per heavy atom. The van der Waals surface area contributed by atoms with Crippen molar-refractivity contribution in [2.75, 3.05) is 20.2 Å². The first kappa shape index (κ1) is 20.5. The number of carbonyl (C=O) groups is 1. The van der Waals surface area contributed by atoms with E-state index in [1.54, 1.807) is 23.1 Å². The average Bonchev–Trinajstić information content (AvgIpc) is 3.55. The molecule has 1 aliphatic rings. The lowest BCUT2D eigenvalue weighted by Crippen LogP contribution is -2.39. The summed E-state index contributed by atoms with van der Waals surface area (Å²) in [6, 6.07) is 17.6. The topological polar surface area (TPSA) is 60.3 Å². The first-order chi connectivity index (χ1) is 15.7. The Kier molecular flexibility index (Phi) is 5.73. The van der Waals surface area contributed by atoms with Crippen molar-refractivity contribution in [1.29, 1.82) is 0 Å². The van der Waals surface area contributed by atoms with Crippen LogP contribution in [0.15, 0.2) is 72.4 Å². The van der Waals surface area contributed by atoms with Crippen molar-refractivity contribution in [3.63, 3.8) is 0 Å². The maximum atomic E-state index is 13.7. The van der Waals surface area contributed by atoms with Gasteiger partial charge in [0.15, 0.2) is 0 Å². The van der Waals surface area contributed by atoms with Crippen molar-refractivity contribution in [3.05, 3.63) is 82.9 Å². The van der Waals surface area contributed by atoms with Crippen LogP contribution in [-0.2, 0) is 0 Å². The fraction of sp³-hybridized carbons (Fsp3) is 0.240. The number of carbonyl (C=O) groups excluding carboxylic acids is 1. The predicted molar refractivity (Wildman–Crippen MR) is 126 cm³/mol. The number of rotatable bonds is 5. The van der Waals surface area contributed by atoms with Crippen LogP contribution in [0, 0.1) is 0 Å². The molecule has 1 amide bonds. The van der Waals surface area contributed by atoms with E-state index in [0.29, 0.717) is 17.8 Å². The Bertz CT molecular complexity index is 1200. The van der Waals surface area contributed by atoms with Gasteiger partial charge in [0.25, 0.3) is 5.91 Å². The highest BCUT2D eigenvalue weighted by Crippen LogP contribution is 2.32. The van der Waals surface area contributed by atoms with Crippen molar-refractivity contribution in [2.24, 2.45) is 0 Å². The van der Waals surface area contributed by atoms with Crippen LogP contribution in [0.1, 0.15) is 34.1 Å². The molecule has 1 atom stereocenters. The van der Waals surface area contributed by atoms with Crippen LogP contribution in [0.3, 0.4) is 0 Å². The van der Waals surface area contributed by atoms with Crippen molar-refractivity contribution in [2.45, 2.75) is 18.8 Å². The Balaban J connectivity index is 1.52. The van der Waals surface area contributed by atoms with Gasteiger partial charge in [0, 0.05) is 42.3 Å². The quantitative estimate of drug-likeness (QED) is 0.433. The van der Waals surface area contributed by atoms with Crippen molar-refractivity contribution >= 4 is 17.2 Å². The molecule has 4 aromatic rings.